The minimum Gasteiger partial charge on any atom is -0.0849 e. The predicted octanol–water partition coefficient (Wildman–Crippen LogP) is 3.68. The van der Waals surface area contributed by atoms with Crippen LogP contribution in [0.4, 0.5) is 0 Å². The average molecular weight is 168 g/mol. The Morgan fingerprint density at radius 2 is 1.73 bits per heavy atom. The highest BCUT2D eigenvalue weighted by Crippen LogP contribution is 2.05. The second-order valence-corrected chi connectivity index (χ2v) is 3.46. The predicted molar refractivity (Wildman–Crippen MR) is 56.1 cm³/mol. The molecule has 0 amide bonds. The highest BCUT2D eigenvalue weighted by molar-refractivity contribution is 7.80. The molecule has 0 radical (unpaired) electrons. The molecular formula is C10H16S. The van der Waals surface area contributed by atoms with Crippen LogP contribution >= 0.6 is 12.2 Å². The van der Waals surface area contributed by atoms with E-state index in [1.807, 2.05) is 6.92 Å². The minimum absolute atomic E-state index is 1.00. The molecule has 0 fully saturated rings. The van der Waals surface area contributed by atoms with Gasteiger partial charge in [-0.05, 0) is 32.8 Å². The summed E-state index contributed by atoms with van der Waals surface area (Å²) in [7, 11) is 0. The van der Waals surface area contributed by atoms with Crippen molar-refractivity contribution in [2.24, 2.45) is 0 Å². The Kier molecular flexibility index (Phi) is 5.05. The third-order valence-corrected chi connectivity index (χ3v) is 1.71. The Hall–Kier alpha value is -0.430. The summed E-state index contributed by atoms with van der Waals surface area (Å²) < 4.78 is 0. The van der Waals surface area contributed by atoms with Crippen molar-refractivity contribution in [3.8, 4) is 0 Å². The third kappa shape index (κ3) is 4.91. The molecule has 0 saturated heterocycles. The number of hydrogen-bond acceptors (Lipinski definition) is 1. The van der Waals surface area contributed by atoms with Gasteiger partial charge in [-0.2, -0.15) is 0 Å². The average Bonchev–Trinajstić information content (AvgIpc) is 1.87. The summed E-state index contributed by atoms with van der Waals surface area (Å²) in [5.41, 5.74) is 2.58. The zero-order valence-corrected chi connectivity index (χ0v) is 8.59. The molecule has 0 aliphatic carbocycles. The summed E-state index contributed by atoms with van der Waals surface area (Å²) in [4.78, 5) is 1.00. The zero-order chi connectivity index (χ0) is 8.85. The Morgan fingerprint density at radius 1 is 1.18 bits per heavy atom. The first-order valence-electron chi connectivity index (χ1n) is 3.93. The maximum Gasteiger partial charge on any atom is 0.0153 e. The maximum absolute atomic E-state index is 5.07. The highest BCUT2D eigenvalue weighted by Gasteiger charge is 1.92. The molecule has 1 heteroatoms. The molecule has 0 aromatic carbocycles. The van der Waals surface area contributed by atoms with Crippen molar-refractivity contribution in [3.05, 3.63) is 23.3 Å². The summed E-state index contributed by atoms with van der Waals surface area (Å²) in [5.74, 6) is 0. The van der Waals surface area contributed by atoms with E-state index in [9.17, 15) is 0 Å². The Balaban J connectivity index is 4.37. The topological polar surface area (TPSA) is 0 Å². The molecule has 0 aliphatic rings. The third-order valence-electron chi connectivity index (χ3n) is 1.45. The lowest BCUT2D eigenvalue weighted by Crippen LogP contribution is -1.90. The van der Waals surface area contributed by atoms with Gasteiger partial charge in [-0.1, -0.05) is 36.9 Å². The lowest BCUT2D eigenvalue weighted by molar-refractivity contribution is 1.17. The zero-order valence-electron chi connectivity index (χ0n) is 7.77. The van der Waals surface area contributed by atoms with E-state index in [4.69, 9.17) is 12.2 Å². The van der Waals surface area contributed by atoms with Crippen LogP contribution in [0.2, 0.25) is 0 Å². The van der Waals surface area contributed by atoms with Gasteiger partial charge in [0, 0.05) is 4.86 Å². The summed E-state index contributed by atoms with van der Waals surface area (Å²) >= 11 is 5.07. The lowest BCUT2D eigenvalue weighted by atomic mass is 10.1. The van der Waals surface area contributed by atoms with Gasteiger partial charge in [0.25, 0.3) is 0 Å². The van der Waals surface area contributed by atoms with Crippen molar-refractivity contribution < 1.29 is 0 Å². The second kappa shape index (κ2) is 5.25. The molecule has 0 rings (SSSR count). The van der Waals surface area contributed by atoms with E-state index in [1.54, 1.807) is 0 Å². The van der Waals surface area contributed by atoms with Crippen molar-refractivity contribution in [3.63, 3.8) is 0 Å². The molecule has 0 nitrogen and oxygen atoms in total. The van der Waals surface area contributed by atoms with Crippen LogP contribution in [0.15, 0.2) is 23.3 Å². The largest absolute Gasteiger partial charge is 0.0849 e. The van der Waals surface area contributed by atoms with E-state index in [-0.39, 0.29) is 0 Å². The Morgan fingerprint density at radius 3 is 2.00 bits per heavy atom. The van der Waals surface area contributed by atoms with Crippen molar-refractivity contribution in [1.82, 2.24) is 0 Å². The molecule has 0 saturated carbocycles. The van der Waals surface area contributed by atoms with Gasteiger partial charge in [0.05, 0.1) is 0 Å². The first-order chi connectivity index (χ1) is 5.07. The van der Waals surface area contributed by atoms with Crippen LogP contribution in [0.1, 0.15) is 34.1 Å². The van der Waals surface area contributed by atoms with E-state index in [0.717, 1.165) is 11.3 Å². The molecule has 0 unspecified atom stereocenters. The van der Waals surface area contributed by atoms with Crippen LogP contribution in [0.3, 0.4) is 0 Å². The molecule has 0 aromatic rings. The van der Waals surface area contributed by atoms with E-state index in [2.05, 4.69) is 32.9 Å². The first-order valence-corrected chi connectivity index (χ1v) is 4.33. The summed E-state index contributed by atoms with van der Waals surface area (Å²) in [6.07, 6.45) is 5.24. The van der Waals surface area contributed by atoms with Crippen LogP contribution in [0.5, 0.6) is 0 Å². The molecule has 0 aliphatic heterocycles. The van der Waals surface area contributed by atoms with E-state index < -0.39 is 0 Å². The van der Waals surface area contributed by atoms with Gasteiger partial charge in [0.1, 0.15) is 0 Å². The van der Waals surface area contributed by atoms with Crippen LogP contribution in [0.25, 0.3) is 0 Å². The summed E-state index contributed by atoms with van der Waals surface area (Å²) in [6, 6.07) is 0. The van der Waals surface area contributed by atoms with Crippen molar-refractivity contribution >= 4 is 17.1 Å². The van der Waals surface area contributed by atoms with Gasteiger partial charge in [-0.25, -0.2) is 0 Å². The monoisotopic (exact) mass is 168 g/mol. The van der Waals surface area contributed by atoms with Crippen molar-refractivity contribution in [2.75, 3.05) is 0 Å². The van der Waals surface area contributed by atoms with Crippen molar-refractivity contribution in [1.29, 1.82) is 0 Å². The fourth-order valence-electron chi connectivity index (χ4n) is 0.751. The quantitative estimate of drug-likeness (QED) is 0.352. The maximum atomic E-state index is 5.07. The van der Waals surface area contributed by atoms with Gasteiger partial charge < -0.3 is 0 Å². The summed E-state index contributed by atoms with van der Waals surface area (Å²) in [5, 5.41) is 0. The molecule has 0 heterocycles. The van der Waals surface area contributed by atoms with E-state index >= 15 is 0 Å². The van der Waals surface area contributed by atoms with Crippen LogP contribution in [-0.2, 0) is 0 Å². The Bertz CT molecular complexity index is 193. The number of rotatable bonds is 3. The van der Waals surface area contributed by atoms with Gasteiger partial charge in [-0.15, -0.1) is 0 Å². The molecule has 0 bridgehead atoms. The molecule has 11 heavy (non-hydrogen) atoms. The first kappa shape index (κ1) is 10.6. The molecular weight excluding hydrogens is 152 g/mol. The van der Waals surface area contributed by atoms with E-state index in [1.165, 1.54) is 11.1 Å². The van der Waals surface area contributed by atoms with E-state index in [0.29, 0.717) is 0 Å². The lowest BCUT2D eigenvalue weighted by Gasteiger charge is -1.98. The molecule has 0 spiro atoms. The number of hydrogen-bond donors (Lipinski definition) is 0. The van der Waals surface area contributed by atoms with Crippen molar-refractivity contribution in [2.45, 2.75) is 34.1 Å². The minimum atomic E-state index is 1.00. The second-order valence-electron chi connectivity index (χ2n) is 2.85. The van der Waals surface area contributed by atoms with Gasteiger partial charge in [0.15, 0.2) is 0 Å². The smallest absolute Gasteiger partial charge is 0.0153 e. The normalized spacial score (nSPS) is 11.1. The Labute approximate surface area is 75.0 Å². The van der Waals surface area contributed by atoms with Gasteiger partial charge in [0.2, 0.25) is 0 Å². The fraction of sp³-hybridized carbons (Fsp3) is 0.500. The molecule has 0 atom stereocenters. The number of thiocarbonyl (C=S) groups is 1. The van der Waals surface area contributed by atoms with Crippen LogP contribution in [0, 0.1) is 0 Å². The molecule has 0 aromatic heterocycles. The highest BCUT2D eigenvalue weighted by atomic mass is 32.1. The van der Waals surface area contributed by atoms with Gasteiger partial charge in [-0.3, -0.25) is 0 Å². The summed E-state index contributed by atoms with van der Waals surface area (Å²) in [6.45, 7) is 8.27. The fourth-order valence-corrected chi connectivity index (χ4v) is 0.964. The molecule has 0 N–H and O–H groups in total. The SMILES string of the molecule is CC/C(=C\C=C(C)C)C(C)=S. The standard InChI is InChI=1S/C10H16S/c1-5-10(9(4)11)7-6-8(2)3/h6-7H,5H2,1-4H3/b10-7+. The molecule has 62 valence electrons. The van der Waals surface area contributed by atoms with Crippen LogP contribution < -0.4 is 0 Å². The van der Waals surface area contributed by atoms with Gasteiger partial charge >= 0.3 is 0 Å². The van der Waals surface area contributed by atoms with Crippen LogP contribution in [-0.4, -0.2) is 4.86 Å². The number of allylic oxidation sites excluding steroid dienone is 4.